The predicted octanol–water partition coefficient (Wildman–Crippen LogP) is 3.96. The van der Waals surface area contributed by atoms with E-state index >= 15 is 0 Å². The Bertz CT molecular complexity index is 1270. The average Bonchev–Trinajstić information content (AvgIpc) is 3.59. The molecule has 182 valence electrons. The number of hydrogen-bond acceptors (Lipinski definition) is 8. The minimum atomic E-state index is -0.268. The minimum absolute atomic E-state index is 0.0203. The quantitative estimate of drug-likeness (QED) is 0.545. The van der Waals surface area contributed by atoms with Crippen molar-refractivity contribution in [2.45, 2.75) is 44.6 Å². The van der Waals surface area contributed by atoms with Crippen molar-refractivity contribution in [1.29, 1.82) is 0 Å². The molecular formula is C26H27N3O6. The zero-order valence-corrected chi connectivity index (χ0v) is 19.8. The van der Waals surface area contributed by atoms with Crippen LogP contribution < -0.4 is 18.9 Å². The third kappa shape index (κ3) is 4.26. The Hall–Kier alpha value is -3.75. The number of ether oxygens (including phenoxy) is 4. The van der Waals surface area contributed by atoms with Crippen molar-refractivity contribution in [2.24, 2.45) is 0 Å². The Morgan fingerprint density at radius 2 is 2.06 bits per heavy atom. The number of rotatable bonds is 5. The zero-order chi connectivity index (χ0) is 24.0. The van der Waals surface area contributed by atoms with Gasteiger partial charge in [-0.05, 0) is 51.0 Å². The summed E-state index contributed by atoms with van der Waals surface area (Å²) in [6, 6.07) is 11.4. The van der Waals surface area contributed by atoms with Crippen molar-refractivity contribution in [2.75, 3.05) is 26.5 Å². The molecule has 1 aromatic heterocycles. The number of aromatic nitrogens is 2. The first-order chi connectivity index (χ1) is 16.9. The molecule has 0 N–H and O–H groups in total. The van der Waals surface area contributed by atoms with Gasteiger partial charge in [-0.1, -0.05) is 12.1 Å². The molecule has 3 aliphatic rings. The molecular weight excluding hydrogens is 450 g/mol. The lowest BCUT2D eigenvalue weighted by Gasteiger charge is -2.31. The highest BCUT2D eigenvalue weighted by Crippen LogP contribution is 2.42. The van der Waals surface area contributed by atoms with Gasteiger partial charge in [-0.3, -0.25) is 4.79 Å². The van der Waals surface area contributed by atoms with Crippen LogP contribution in [0.15, 0.2) is 40.8 Å². The number of fused-ring (bicyclic) bond motifs is 2. The summed E-state index contributed by atoms with van der Waals surface area (Å²) in [7, 11) is 0. The Balaban J connectivity index is 1.10. The van der Waals surface area contributed by atoms with Crippen LogP contribution in [0.2, 0.25) is 0 Å². The van der Waals surface area contributed by atoms with E-state index in [1.807, 2.05) is 55.1 Å². The lowest BCUT2D eigenvalue weighted by molar-refractivity contribution is -0.134. The highest BCUT2D eigenvalue weighted by Gasteiger charge is 2.33. The van der Waals surface area contributed by atoms with Crippen LogP contribution in [-0.2, 0) is 11.2 Å². The third-order valence-electron chi connectivity index (χ3n) is 6.59. The van der Waals surface area contributed by atoms with Gasteiger partial charge in [-0.15, -0.1) is 10.2 Å². The van der Waals surface area contributed by atoms with Gasteiger partial charge in [0.2, 0.25) is 18.6 Å². The van der Waals surface area contributed by atoms with E-state index < -0.39 is 0 Å². The molecule has 0 radical (unpaired) electrons. The molecule has 35 heavy (non-hydrogen) atoms. The number of benzene rings is 2. The summed E-state index contributed by atoms with van der Waals surface area (Å²) in [6.07, 6.45) is 2.55. The predicted molar refractivity (Wildman–Crippen MR) is 125 cm³/mol. The largest absolute Gasteiger partial charge is 0.483 e. The highest BCUT2D eigenvalue weighted by atomic mass is 16.7. The summed E-state index contributed by atoms with van der Waals surface area (Å²) in [5.74, 6) is 3.58. The summed E-state index contributed by atoms with van der Waals surface area (Å²) in [5.41, 5.74) is 1.61. The number of carbonyl (C=O) groups is 1. The van der Waals surface area contributed by atoms with Gasteiger partial charge in [0.1, 0.15) is 5.60 Å². The van der Waals surface area contributed by atoms with Crippen LogP contribution in [0.25, 0.3) is 11.5 Å². The van der Waals surface area contributed by atoms with Gasteiger partial charge in [0.05, 0.1) is 5.92 Å². The number of carbonyl (C=O) groups excluding carboxylic acids is 1. The van der Waals surface area contributed by atoms with Crippen LogP contribution in [0.1, 0.15) is 44.1 Å². The van der Waals surface area contributed by atoms with E-state index in [9.17, 15) is 4.79 Å². The number of hydrogen-bond donors (Lipinski definition) is 0. The van der Waals surface area contributed by atoms with Gasteiger partial charge in [0.25, 0.3) is 5.91 Å². The second-order valence-corrected chi connectivity index (χ2v) is 9.76. The van der Waals surface area contributed by atoms with Crippen molar-refractivity contribution in [3.63, 3.8) is 0 Å². The Kier molecular flexibility index (Phi) is 5.27. The second-order valence-electron chi connectivity index (χ2n) is 9.76. The normalized spacial score (nSPS) is 19.8. The van der Waals surface area contributed by atoms with Gasteiger partial charge in [-0.25, -0.2) is 0 Å². The van der Waals surface area contributed by atoms with E-state index in [4.69, 9.17) is 23.4 Å². The number of nitrogens with zero attached hydrogens (tertiary/aromatic N) is 3. The SMILES string of the molecule is CC1(C)Cc2cccc(OCC(=O)N3CCCC(c4nnc(-c5ccc6c(c5)OCO6)o4)C3)c2O1. The molecule has 9 heteroatoms. The van der Waals surface area contributed by atoms with E-state index in [1.54, 1.807) is 0 Å². The van der Waals surface area contributed by atoms with Crippen molar-refractivity contribution in [3.05, 3.63) is 47.9 Å². The van der Waals surface area contributed by atoms with Gasteiger partial charge in [-0.2, -0.15) is 0 Å². The van der Waals surface area contributed by atoms with Crippen LogP contribution in [0.4, 0.5) is 0 Å². The topological polar surface area (TPSA) is 96.2 Å². The third-order valence-corrected chi connectivity index (χ3v) is 6.59. The number of amides is 1. The fraction of sp³-hybridized carbons (Fsp3) is 0.423. The zero-order valence-electron chi connectivity index (χ0n) is 19.8. The Morgan fingerprint density at radius 3 is 2.97 bits per heavy atom. The Labute approximate surface area is 202 Å². The maximum Gasteiger partial charge on any atom is 0.260 e. The molecule has 0 spiro atoms. The summed E-state index contributed by atoms with van der Waals surface area (Å²) in [5, 5.41) is 8.50. The van der Waals surface area contributed by atoms with E-state index in [2.05, 4.69) is 10.2 Å². The van der Waals surface area contributed by atoms with Crippen molar-refractivity contribution in [1.82, 2.24) is 15.1 Å². The molecule has 1 atom stereocenters. The standard InChI is InChI=1S/C26H27N3O6/c1-26(2)12-17-5-3-7-20(23(17)35-26)31-14-22(30)29-10-4-6-18(13-29)25-28-27-24(34-25)16-8-9-19-21(11-16)33-15-32-19/h3,5,7-9,11,18H,4,6,10,12-15H2,1-2H3. The van der Waals surface area contributed by atoms with Gasteiger partial charge >= 0.3 is 0 Å². The molecule has 6 rings (SSSR count). The summed E-state index contributed by atoms with van der Waals surface area (Å²) in [6.45, 7) is 5.46. The van der Waals surface area contributed by atoms with Gasteiger partial charge < -0.3 is 28.3 Å². The first-order valence-corrected chi connectivity index (χ1v) is 11.9. The fourth-order valence-electron chi connectivity index (χ4n) is 4.88. The molecule has 0 aliphatic carbocycles. The first-order valence-electron chi connectivity index (χ1n) is 11.9. The lowest BCUT2D eigenvalue weighted by Crippen LogP contribution is -2.41. The fourth-order valence-corrected chi connectivity index (χ4v) is 4.88. The van der Waals surface area contributed by atoms with Crippen molar-refractivity contribution in [3.8, 4) is 34.5 Å². The summed E-state index contributed by atoms with van der Waals surface area (Å²) >= 11 is 0. The minimum Gasteiger partial charge on any atom is -0.483 e. The number of likely N-dealkylation sites (tertiary alicyclic amines) is 1. The van der Waals surface area contributed by atoms with Crippen molar-refractivity contribution >= 4 is 5.91 Å². The van der Waals surface area contributed by atoms with Crippen LogP contribution in [0.3, 0.4) is 0 Å². The average molecular weight is 478 g/mol. The number of piperidine rings is 1. The maximum absolute atomic E-state index is 13.0. The van der Waals surface area contributed by atoms with Crippen LogP contribution >= 0.6 is 0 Å². The molecule has 4 heterocycles. The van der Waals surface area contributed by atoms with Crippen LogP contribution in [0.5, 0.6) is 23.0 Å². The Morgan fingerprint density at radius 1 is 1.17 bits per heavy atom. The smallest absolute Gasteiger partial charge is 0.260 e. The van der Waals surface area contributed by atoms with Gasteiger partial charge in [0, 0.05) is 30.6 Å². The maximum atomic E-state index is 13.0. The monoisotopic (exact) mass is 477 g/mol. The molecule has 3 aromatic rings. The van der Waals surface area contributed by atoms with Crippen molar-refractivity contribution < 1.29 is 28.2 Å². The second kappa shape index (κ2) is 8.48. The molecule has 9 nitrogen and oxygen atoms in total. The molecule has 1 saturated heterocycles. The van der Waals surface area contributed by atoms with E-state index in [0.29, 0.717) is 42.1 Å². The summed E-state index contributed by atoms with van der Waals surface area (Å²) in [4.78, 5) is 14.8. The molecule has 0 bridgehead atoms. The molecule has 3 aliphatic heterocycles. The first kappa shape index (κ1) is 21.8. The molecule has 1 amide bonds. The molecule has 2 aromatic carbocycles. The molecule has 1 unspecified atom stereocenters. The van der Waals surface area contributed by atoms with E-state index in [-0.39, 0.29) is 30.8 Å². The molecule has 0 saturated carbocycles. The van der Waals surface area contributed by atoms with Crippen LogP contribution in [-0.4, -0.2) is 53.1 Å². The summed E-state index contributed by atoms with van der Waals surface area (Å²) < 4.78 is 28.7. The van der Waals surface area contributed by atoms with E-state index in [1.165, 1.54) is 0 Å². The molecule has 1 fully saturated rings. The van der Waals surface area contributed by atoms with Crippen LogP contribution in [0, 0.1) is 0 Å². The van der Waals surface area contributed by atoms with Gasteiger partial charge in [0.15, 0.2) is 29.6 Å². The highest BCUT2D eigenvalue weighted by molar-refractivity contribution is 5.78. The number of para-hydroxylation sites is 1. The van der Waals surface area contributed by atoms with E-state index in [0.717, 1.165) is 36.1 Å². The lowest BCUT2D eigenvalue weighted by atomic mass is 9.98.